The number of aryl methyl sites for hydroxylation is 1. The maximum Gasteiger partial charge on any atom is 0.160 e. The Bertz CT molecular complexity index is 2140. The molecule has 1 saturated heterocycles. The van der Waals surface area contributed by atoms with E-state index in [1.165, 1.54) is 7.11 Å². The van der Waals surface area contributed by atoms with E-state index in [9.17, 15) is 30.0 Å². The number of nitrogens with two attached hydrogens (primary N) is 1. The molecule has 0 amide bonds. The molecular weight excluding hydrogens is 731 g/mol. The molecule has 1 aromatic heterocycles. The number of piperidine rings is 1. The van der Waals surface area contributed by atoms with Crippen LogP contribution in [0, 0.1) is 29.6 Å². The van der Waals surface area contributed by atoms with Crippen molar-refractivity contribution in [2.75, 3.05) is 19.4 Å². The van der Waals surface area contributed by atoms with Crippen LogP contribution >= 0.6 is 0 Å². The van der Waals surface area contributed by atoms with Crippen LogP contribution in [0.2, 0.25) is 0 Å². The first-order chi connectivity index (χ1) is 28.1. The summed E-state index contributed by atoms with van der Waals surface area (Å²) >= 11 is 0. The minimum Gasteiger partial charge on any atom is -0.504 e. The molecule has 2 aliphatic carbocycles. The van der Waals surface area contributed by atoms with Crippen LogP contribution in [0.3, 0.4) is 0 Å². The van der Waals surface area contributed by atoms with Gasteiger partial charge in [-0.15, -0.1) is 0 Å². The molecule has 4 aromatic rings. The Labute approximate surface area is 341 Å². The number of aromatic nitrogens is 1. The number of ketones is 2. The minimum absolute atomic E-state index is 0.0261. The number of aromatic hydroxyl groups is 1. The number of benzene rings is 3. The van der Waals surface area contributed by atoms with E-state index in [1.807, 2.05) is 42.5 Å². The molecule has 3 aliphatic rings. The van der Waals surface area contributed by atoms with Crippen molar-refractivity contribution in [1.29, 1.82) is 0 Å². The maximum absolute atomic E-state index is 13.7. The molecular formula is C48H57N3O7. The van der Waals surface area contributed by atoms with Gasteiger partial charge >= 0.3 is 0 Å². The average Bonchev–Trinajstić information content (AvgIpc) is 3.28. The molecule has 1 saturated carbocycles. The van der Waals surface area contributed by atoms with Crippen molar-refractivity contribution in [3.8, 4) is 23.3 Å². The molecule has 306 valence electrons. The zero-order chi connectivity index (χ0) is 40.8. The number of phenols is 1. The number of methoxy groups -OCH3 is 1. The number of aliphatic hydroxyl groups excluding tert-OH is 3. The molecule has 7 N–H and O–H groups in total. The minimum atomic E-state index is -1.22. The third-order valence-corrected chi connectivity index (χ3v) is 12.9. The summed E-state index contributed by atoms with van der Waals surface area (Å²) < 4.78 is 5.42. The van der Waals surface area contributed by atoms with Gasteiger partial charge in [0.2, 0.25) is 0 Å². The van der Waals surface area contributed by atoms with E-state index in [2.05, 4.69) is 28.2 Å². The zero-order valence-electron chi connectivity index (χ0n) is 33.4. The number of fused-ring (bicyclic) bond motifs is 3. The van der Waals surface area contributed by atoms with Crippen LogP contribution < -0.4 is 15.8 Å². The molecule has 9 unspecified atom stereocenters. The van der Waals surface area contributed by atoms with E-state index >= 15 is 0 Å². The summed E-state index contributed by atoms with van der Waals surface area (Å²) in [4.78, 5) is 29.8. The number of Topliss-reactive ketones (excluding diaryl/α,β-unsaturated/α-hetero) is 2. The molecule has 10 heteroatoms. The number of anilines is 1. The van der Waals surface area contributed by atoms with Crippen molar-refractivity contribution in [3.63, 3.8) is 0 Å². The Balaban J connectivity index is 1.07. The summed E-state index contributed by atoms with van der Waals surface area (Å²) in [7, 11) is 1.47. The first kappa shape index (κ1) is 41.4. The van der Waals surface area contributed by atoms with Crippen LogP contribution in [-0.4, -0.2) is 75.0 Å². The average molecular weight is 788 g/mol. The Morgan fingerprint density at radius 1 is 0.931 bits per heavy atom. The summed E-state index contributed by atoms with van der Waals surface area (Å²) in [5.41, 5.74) is 9.34. The highest BCUT2D eigenvalue weighted by atomic mass is 16.5. The predicted octanol–water partition coefficient (Wildman–Crippen LogP) is 6.35. The van der Waals surface area contributed by atoms with Gasteiger partial charge in [0.15, 0.2) is 17.3 Å². The fraction of sp³-hybridized carbons (Fsp3) is 0.479. The Hall–Kier alpha value is -4.79. The lowest BCUT2D eigenvalue weighted by molar-refractivity contribution is -0.124. The van der Waals surface area contributed by atoms with Crippen LogP contribution in [0.4, 0.5) is 5.82 Å². The van der Waals surface area contributed by atoms with E-state index in [1.54, 1.807) is 24.4 Å². The van der Waals surface area contributed by atoms with Gasteiger partial charge in [-0.2, -0.15) is 0 Å². The number of hydrogen-bond acceptors (Lipinski definition) is 10. The number of rotatable bonds is 14. The molecule has 2 heterocycles. The third kappa shape index (κ3) is 9.90. The fourth-order valence-electron chi connectivity index (χ4n) is 9.54. The number of carbonyl (C=O) groups excluding carboxylic acids is 2. The second-order valence-corrected chi connectivity index (χ2v) is 16.8. The molecule has 10 nitrogen and oxygen atoms in total. The Morgan fingerprint density at radius 2 is 1.74 bits per heavy atom. The lowest BCUT2D eigenvalue weighted by atomic mass is 9.74. The van der Waals surface area contributed by atoms with E-state index in [0.717, 1.165) is 66.1 Å². The molecule has 58 heavy (non-hydrogen) atoms. The van der Waals surface area contributed by atoms with Crippen molar-refractivity contribution in [1.82, 2.24) is 10.3 Å². The zero-order valence-corrected chi connectivity index (χ0v) is 33.4. The fourth-order valence-corrected chi connectivity index (χ4v) is 9.54. The van der Waals surface area contributed by atoms with Crippen LogP contribution in [0.15, 0.2) is 72.9 Å². The first-order valence-corrected chi connectivity index (χ1v) is 21.0. The first-order valence-electron chi connectivity index (χ1n) is 21.0. The molecule has 7 rings (SSSR count). The van der Waals surface area contributed by atoms with Gasteiger partial charge in [0.05, 0.1) is 25.4 Å². The normalized spacial score (nSPS) is 24.2. The van der Waals surface area contributed by atoms with Gasteiger partial charge in [-0.05, 0) is 121 Å². The molecule has 0 radical (unpaired) electrons. The topological polar surface area (TPSA) is 175 Å². The highest BCUT2D eigenvalue weighted by Crippen LogP contribution is 2.39. The number of unbranched alkanes of at least 4 members (excludes halogenated alkanes) is 1. The van der Waals surface area contributed by atoms with Gasteiger partial charge in [-0.3, -0.25) is 9.59 Å². The molecule has 0 spiro atoms. The smallest absolute Gasteiger partial charge is 0.160 e. The van der Waals surface area contributed by atoms with Crippen molar-refractivity contribution < 1.29 is 34.8 Å². The number of phenolic OH excluding ortho intramolecular Hbond substituents is 1. The number of nitrogens with one attached hydrogen (secondary N) is 1. The van der Waals surface area contributed by atoms with Crippen LogP contribution in [0.5, 0.6) is 11.5 Å². The standard InChI is InChI=1S/C48H57N3O7/c1-58-47-23-34-14-17-43(54)38(42(53)9-5-2-6-29-20-36-12-15-37(52)25-41(36)51-28-29)16-13-33(40(34)27-46(47)57)22-44(55)45(56)26-39(35-18-19-50-48(49)24-35)32-11-10-30-7-3-4-8-31(30)21-32/h3-4,7-8,10-11,18-19,21,23-24,27,29,33,36,38-39,41-42,44-45,51,53,55-57H,2,5-6,9,12,14-15,17,20,22,25-26,28H2,1H3,(H2,49,50). The van der Waals surface area contributed by atoms with Crippen LogP contribution in [0.25, 0.3) is 10.8 Å². The molecule has 9 atom stereocenters. The second kappa shape index (κ2) is 18.9. The van der Waals surface area contributed by atoms with Gasteiger partial charge in [0.25, 0.3) is 0 Å². The highest BCUT2D eigenvalue weighted by Gasteiger charge is 2.35. The van der Waals surface area contributed by atoms with E-state index < -0.39 is 30.1 Å². The van der Waals surface area contributed by atoms with Crippen molar-refractivity contribution in [2.45, 2.75) is 113 Å². The number of nitrogens with zero attached hydrogens (tertiary/aromatic N) is 1. The van der Waals surface area contributed by atoms with Crippen molar-refractivity contribution in [3.05, 3.63) is 95.2 Å². The molecule has 0 bridgehead atoms. The summed E-state index contributed by atoms with van der Waals surface area (Å²) in [6.45, 7) is 0.912. The lowest BCUT2D eigenvalue weighted by Crippen LogP contribution is -2.48. The van der Waals surface area contributed by atoms with Crippen molar-refractivity contribution in [2.24, 2.45) is 17.8 Å². The van der Waals surface area contributed by atoms with E-state index in [4.69, 9.17) is 10.5 Å². The van der Waals surface area contributed by atoms with Crippen molar-refractivity contribution >= 4 is 28.2 Å². The summed E-state index contributed by atoms with van der Waals surface area (Å²) in [5.74, 6) is 6.33. The van der Waals surface area contributed by atoms with Crippen LogP contribution in [-0.2, 0) is 16.0 Å². The lowest BCUT2D eigenvalue weighted by Gasteiger charge is -2.39. The van der Waals surface area contributed by atoms with Crippen LogP contribution in [0.1, 0.15) is 105 Å². The number of hydrogen-bond donors (Lipinski definition) is 6. The number of aliphatic hydroxyl groups is 3. The quantitative estimate of drug-likeness (QED) is 0.0624. The third-order valence-electron chi connectivity index (χ3n) is 12.9. The van der Waals surface area contributed by atoms with E-state index in [0.29, 0.717) is 60.7 Å². The monoisotopic (exact) mass is 787 g/mol. The summed E-state index contributed by atoms with van der Waals surface area (Å²) in [6.07, 6.45) is 5.57. The number of nitrogen functional groups attached to an aromatic ring is 1. The Kier molecular flexibility index (Phi) is 13.5. The molecule has 3 aromatic carbocycles. The van der Waals surface area contributed by atoms with Gasteiger partial charge in [0.1, 0.15) is 17.5 Å². The second-order valence-electron chi connectivity index (χ2n) is 16.8. The summed E-state index contributed by atoms with van der Waals surface area (Å²) in [6, 6.07) is 21.5. The number of ether oxygens (including phenoxy) is 1. The maximum atomic E-state index is 13.7. The van der Waals surface area contributed by atoms with Gasteiger partial charge in [-0.1, -0.05) is 67.1 Å². The molecule has 2 fully saturated rings. The van der Waals surface area contributed by atoms with Gasteiger partial charge in [-0.25, -0.2) is 4.98 Å². The largest absolute Gasteiger partial charge is 0.504 e. The van der Waals surface area contributed by atoms with E-state index in [-0.39, 0.29) is 42.5 Å². The van der Waals surface area contributed by atoms with Gasteiger partial charge < -0.3 is 36.2 Å². The number of carbonyl (C=O) groups is 2. The SMILES string of the molecule is COc1cc2c(cc1O)C(CC(O)C(O)CC(c1ccnc(N)c1)c1ccc3ccccc3c1)C#CC(C(O)CCCCC1CNC3CC(=O)CCC3C1)C(=O)CC2. The highest BCUT2D eigenvalue weighted by molar-refractivity contribution is 5.85. The summed E-state index contributed by atoms with van der Waals surface area (Å²) in [5, 5.41) is 51.5. The predicted molar refractivity (Wildman–Crippen MR) is 224 cm³/mol. The molecule has 1 aliphatic heterocycles. The Morgan fingerprint density at radius 3 is 2.55 bits per heavy atom. The van der Waals surface area contributed by atoms with Gasteiger partial charge in [0, 0.05) is 43.3 Å². The number of pyridine rings is 1.